The normalized spacial score (nSPS) is 39.0. The van der Waals surface area contributed by atoms with Gasteiger partial charge in [0.2, 0.25) is 0 Å². The van der Waals surface area contributed by atoms with E-state index in [0.29, 0.717) is 5.41 Å². The van der Waals surface area contributed by atoms with E-state index in [1.165, 1.54) is 38.8 Å². The Balaban J connectivity index is 1.94. The first-order valence-electron chi connectivity index (χ1n) is 5.95. The Bertz CT molecular complexity index is 204. The second-order valence-corrected chi connectivity index (χ2v) is 5.89. The fourth-order valence-corrected chi connectivity index (χ4v) is 3.50. The molecule has 0 aromatic heterocycles. The van der Waals surface area contributed by atoms with Crippen molar-refractivity contribution >= 4 is 11.6 Å². The van der Waals surface area contributed by atoms with Crippen molar-refractivity contribution in [1.29, 1.82) is 0 Å². The average Bonchev–Trinajstić information content (AvgIpc) is 2.74. The predicted octanol–water partition coefficient (Wildman–Crippen LogP) is 3.13. The minimum absolute atomic E-state index is 0.657. The third kappa shape index (κ3) is 1.94. The zero-order valence-corrected chi connectivity index (χ0v) is 10.2. The van der Waals surface area contributed by atoms with E-state index in [4.69, 9.17) is 11.6 Å². The van der Waals surface area contributed by atoms with Gasteiger partial charge < -0.3 is 4.90 Å². The van der Waals surface area contributed by atoms with Gasteiger partial charge in [-0.15, -0.1) is 11.6 Å². The zero-order chi connectivity index (χ0) is 10.2. The van der Waals surface area contributed by atoms with Crippen LogP contribution in [0.1, 0.15) is 39.5 Å². The topological polar surface area (TPSA) is 3.24 Å². The molecule has 2 fully saturated rings. The van der Waals surface area contributed by atoms with Crippen molar-refractivity contribution in [3.05, 3.63) is 0 Å². The van der Waals surface area contributed by atoms with Crippen LogP contribution < -0.4 is 0 Å². The van der Waals surface area contributed by atoms with Crippen LogP contribution in [-0.2, 0) is 0 Å². The van der Waals surface area contributed by atoms with Gasteiger partial charge in [0, 0.05) is 18.5 Å². The van der Waals surface area contributed by atoms with Gasteiger partial charge in [-0.2, -0.15) is 0 Å². The largest absolute Gasteiger partial charge is 0.300 e. The minimum Gasteiger partial charge on any atom is -0.300 e. The lowest BCUT2D eigenvalue weighted by Gasteiger charge is -2.26. The Morgan fingerprint density at radius 2 is 2.21 bits per heavy atom. The summed E-state index contributed by atoms with van der Waals surface area (Å²) < 4.78 is 0. The molecule has 0 N–H and O–H groups in total. The maximum atomic E-state index is 5.95. The molecule has 1 nitrogen and oxygen atoms in total. The van der Waals surface area contributed by atoms with Crippen LogP contribution >= 0.6 is 11.6 Å². The summed E-state index contributed by atoms with van der Waals surface area (Å²) in [6.45, 7) is 7.27. The number of likely N-dealkylation sites (tertiary alicyclic amines) is 1. The molecule has 2 atom stereocenters. The van der Waals surface area contributed by atoms with Crippen LogP contribution in [-0.4, -0.2) is 29.9 Å². The van der Waals surface area contributed by atoms with Crippen molar-refractivity contribution in [2.75, 3.05) is 19.0 Å². The number of hydrogen-bond donors (Lipinski definition) is 0. The van der Waals surface area contributed by atoms with Gasteiger partial charge in [-0.05, 0) is 57.4 Å². The van der Waals surface area contributed by atoms with Crippen molar-refractivity contribution in [3.8, 4) is 0 Å². The van der Waals surface area contributed by atoms with E-state index in [-0.39, 0.29) is 0 Å². The Kier molecular flexibility index (Phi) is 3.09. The molecule has 0 amide bonds. The van der Waals surface area contributed by atoms with E-state index >= 15 is 0 Å². The number of halogens is 1. The molecule has 0 unspecified atom stereocenters. The third-order valence-electron chi connectivity index (χ3n) is 4.22. The first-order chi connectivity index (χ1) is 6.65. The van der Waals surface area contributed by atoms with Crippen LogP contribution in [0, 0.1) is 11.3 Å². The first-order valence-corrected chi connectivity index (χ1v) is 6.49. The van der Waals surface area contributed by atoms with E-state index in [0.717, 1.165) is 17.8 Å². The highest BCUT2D eigenvalue weighted by Crippen LogP contribution is 2.48. The molecule has 1 aliphatic heterocycles. The molecule has 0 radical (unpaired) electrons. The molecule has 2 aliphatic rings. The van der Waals surface area contributed by atoms with Crippen LogP contribution in [0.25, 0.3) is 0 Å². The van der Waals surface area contributed by atoms with Gasteiger partial charge in [-0.25, -0.2) is 0 Å². The molecule has 0 bridgehead atoms. The monoisotopic (exact) mass is 215 g/mol. The Morgan fingerprint density at radius 3 is 2.71 bits per heavy atom. The number of alkyl halides is 1. The molecule has 1 spiro atoms. The van der Waals surface area contributed by atoms with Crippen molar-refractivity contribution < 1.29 is 0 Å². The molecule has 1 heterocycles. The fraction of sp³-hybridized carbons (Fsp3) is 1.00. The summed E-state index contributed by atoms with van der Waals surface area (Å²) in [6, 6.07) is 0.726. The summed E-state index contributed by atoms with van der Waals surface area (Å²) >= 11 is 5.95. The molecule has 14 heavy (non-hydrogen) atoms. The van der Waals surface area contributed by atoms with Gasteiger partial charge >= 0.3 is 0 Å². The standard InChI is InChI=1S/C12H22ClN/c1-10(2)14-6-5-12(9-14)4-3-11(7-12)8-13/h10-11H,3-9H2,1-2H3/t11-,12+/m0/s1. The SMILES string of the molecule is CC(C)N1CC[C@@]2(CC[C@H](CCl)C2)C1. The Morgan fingerprint density at radius 1 is 1.43 bits per heavy atom. The van der Waals surface area contributed by atoms with Crippen LogP contribution in [0.4, 0.5) is 0 Å². The zero-order valence-electron chi connectivity index (χ0n) is 9.43. The molecular weight excluding hydrogens is 194 g/mol. The van der Waals surface area contributed by atoms with Crippen LogP contribution in [0.15, 0.2) is 0 Å². The second kappa shape index (κ2) is 4.02. The summed E-state index contributed by atoms with van der Waals surface area (Å²) in [5.74, 6) is 1.69. The highest BCUT2D eigenvalue weighted by Gasteiger charge is 2.43. The Labute approximate surface area is 92.8 Å². The quantitative estimate of drug-likeness (QED) is 0.640. The van der Waals surface area contributed by atoms with Gasteiger partial charge in [-0.1, -0.05) is 0 Å². The lowest BCUT2D eigenvalue weighted by molar-refractivity contribution is 0.222. The van der Waals surface area contributed by atoms with Crippen LogP contribution in [0.2, 0.25) is 0 Å². The van der Waals surface area contributed by atoms with Gasteiger partial charge in [0.1, 0.15) is 0 Å². The lowest BCUT2D eigenvalue weighted by atomic mass is 9.85. The summed E-state index contributed by atoms with van der Waals surface area (Å²) in [6.07, 6.45) is 5.60. The molecule has 1 saturated carbocycles. The van der Waals surface area contributed by atoms with E-state index in [9.17, 15) is 0 Å². The van der Waals surface area contributed by atoms with E-state index in [1.807, 2.05) is 0 Å². The fourth-order valence-electron chi connectivity index (χ4n) is 3.24. The summed E-state index contributed by atoms with van der Waals surface area (Å²) in [7, 11) is 0. The smallest absolute Gasteiger partial charge is 0.0251 e. The number of hydrogen-bond acceptors (Lipinski definition) is 1. The average molecular weight is 216 g/mol. The molecule has 2 rings (SSSR count). The van der Waals surface area contributed by atoms with Crippen molar-refractivity contribution in [3.63, 3.8) is 0 Å². The molecule has 0 aromatic carbocycles. The first kappa shape index (κ1) is 10.8. The van der Waals surface area contributed by atoms with Crippen LogP contribution in [0.3, 0.4) is 0 Å². The lowest BCUT2D eigenvalue weighted by Crippen LogP contribution is -2.31. The molecule has 82 valence electrons. The summed E-state index contributed by atoms with van der Waals surface area (Å²) in [5.41, 5.74) is 0.657. The molecule has 1 aliphatic carbocycles. The molecule has 2 heteroatoms. The predicted molar refractivity (Wildman–Crippen MR) is 61.8 cm³/mol. The molecular formula is C12H22ClN. The Hall–Kier alpha value is 0.250. The summed E-state index contributed by atoms with van der Waals surface area (Å²) in [5, 5.41) is 0. The number of nitrogens with zero attached hydrogens (tertiary/aromatic N) is 1. The van der Waals surface area contributed by atoms with E-state index < -0.39 is 0 Å². The third-order valence-corrected chi connectivity index (χ3v) is 4.66. The highest BCUT2D eigenvalue weighted by atomic mass is 35.5. The van der Waals surface area contributed by atoms with Gasteiger partial charge in [0.25, 0.3) is 0 Å². The minimum atomic E-state index is 0.657. The van der Waals surface area contributed by atoms with Crippen molar-refractivity contribution in [1.82, 2.24) is 4.90 Å². The van der Waals surface area contributed by atoms with Gasteiger partial charge in [0.15, 0.2) is 0 Å². The van der Waals surface area contributed by atoms with Gasteiger partial charge in [-0.3, -0.25) is 0 Å². The van der Waals surface area contributed by atoms with Crippen molar-refractivity contribution in [2.24, 2.45) is 11.3 Å². The maximum absolute atomic E-state index is 5.95. The van der Waals surface area contributed by atoms with Crippen molar-refractivity contribution in [2.45, 2.75) is 45.6 Å². The number of rotatable bonds is 2. The molecule has 1 saturated heterocycles. The maximum Gasteiger partial charge on any atom is 0.0251 e. The summed E-state index contributed by atoms with van der Waals surface area (Å²) in [4.78, 5) is 2.64. The highest BCUT2D eigenvalue weighted by molar-refractivity contribution is 6.18. The van der Waals surface area contributed by atoms with E-state index in [2.05, 4.69) is 18.7 Å². The second-order valence-electron chi connectivity index (χ2n) is 5.58. The van der Waals surface area contributed by atoms with Crippen LogP contribution in [0.5, 0.6) is 0 Å². The molecule has 0 aromatic rings. The van der Waals surface area contributed by atoms with E-state index in [1.54, 1.807) is 0 Å². The van der Waals surface area contributed by atoms with Gasteiger partial charge in [0.05, 0.1) is 0 Å².